The van der Waals surface area contributed by atoms with Crippen LogP contribution in [0.5, 0.6) is 11.5 Å². The number of hydrogen-bond acceptors (Lipinski definition) is 3. The quantitative estimate of drug-likeness (QED) is 0.720. The summed E-state index contributed by atoms with van der Waals surface area (Å²) in [6.45, 7) is 0. The molecule has 0 bridgehead atoms. The first kappa shape index (κ1) is 9.00. The second-order valence-electron chi connectivity index (χ2n) is 2.23. The van der Waals surface area contributed by atoms with Crippen LogP contribution in [0, 0.1) is 0 Å². The zero-order valence-electron chi connectivity index (χ0n) is 6.93. The van der Waals surface area contributed by atoms with Gasteiger partial charge in [-0.25, -0.2) is 0 Å². The fraction of sp³-hybridized carbons (Fsp3) is 0.250. The van der Waals surface area contributed by atoms with Gasteiger partial charge in [0.25, 0.3) is 0 Å². The number of rotatable bonds is 2. The zero-order chi connectivity index (χ0) is 9.14. The second kappa shape index (κ2) is 3.54. The standard InChI is InChI=1S/C8H10ClNO2/c1-11-5-3-6(9)8(10)7(4-5)12-2/h3-4H,10H2,1-2H3. The van der Waals surface area contributed by atoms with Gasteiger partial charge < -0.3 is 15.2 Å². The van der Waals surface area contributed by atoms with Gasteiger partial charge in [0.15, 0.2) is 0 Å². The first-order valence-electron chi connectivity index (χ1n) is 3.36. The summed E-state index contributed by atoms with van der Waals surface area (Å²) in [7, 11) is 3.09. The van der Waals surface area contributed by atoms with Gasteiger partial charge >= 0.3 is 0 Å². The number of nitrogen functional groups attached to an aromatic ring is 1. The topological polar surface area (TPSA) is 44.5 Å². The number of nitrogens with two attached hydrogens (primary N) is 1. The maximum Gasteiger partial charge on any atom is 0.146 e. The van der Waals surface area contributed by atoms with Crippen LogP contribution in [0.1, 0.15) is 0 Å². The van der Waals surface area contributed by atoms with Crippen molar-refractivity contribution in [2.24, 2.45) is 0 Å². The minimum atomic E-state index is 0.431. The van der Waals surface area contributed by atoms with Gasteiger partial charge in [-0.15, -0.1) is 0 Å². The van der Waals surface area contributed by atoms with Crippen LogP contribution in [-0.2, 0) is 0 Å². The van der Waals surface area contributed by atoms with Gasteiger partial charge in [-0.2, -0.15) is 0 Å². The molecule has 0 radical (unpaired) electrons. The SMILES string of the molecule is COc1cc(Cl)c(N)c(OC)c1. The summed E-state index contributed by atoms with van der Waals surface area (Å²) in [4.78, 5) is 0. The summed E-state index contributed by atoms with van der Waals surface area (Å²) < 4.78 is 9.95. The van der Waals surface area contributed by atoms with E-state index in [2.05, 4.69) is 0 Å². The average molecular weight is 188 g/mol. The highest BCUT2D eigenvalue weighted by atomic mass is 35.5. The predicted molar refractivity (Wildman–Crippen MR) is 49.0 cm³/mol. The number of halogens is 1. The molecule has 3 nitrogen and oxygen atoms in total. The molecule has 0 aliphatic heterocycles. The van der Waals surface area contributed by atoms with Crippen molar-refractivity contribution in [1.29, 1.82) is 0 Å². The highest BCUT2D eigenvalue weighted by Crippen LogP contribution is 2.33. The van der Waals surface area contributed by atoms with Crippen LogP contribution in [0.4, 0.5) is 5.69 Å². The molecule has 1 aromatic rings. The van der Waals surface area contributed by atoms with E-state index in [1.54, 1.807) is 19.2 Å². The van der Waals surface area contributed by atoms with Gasteiger partial charge in [0.05, 0.1) is 24.9 Å². The number of ether oxygens (including phenoxy) is 2. The Labute approximate surface area is 76.0 Å². The highest BCUT2D eigenvalue weighted by molar-refractivity contribution is 6.33. The molecule has 1 aromatic carbocycles. The van der Waals surface area contributed by atoms with E-state index in [1.807, 2.05) is 0 Å². The van der Waals surface area contributed by atoms with Gasteiger partial charge in [0.2, 0.25) is 0 Å². The molecule has 0 heterocycles. The van der Waals surface area contributed by atoms with Crippen LogP contribution in [0.25, 0.3) is 0 Å². The molecule has 0 amide bonds. The molecule has 0 aromatic heterocycles. The van der Waals surface area contributed by atoms with Gasteiger partial charge in [-0.05, 0) is 0 Å². The molecule has 0 spiro atoms. The first-order chi connectivity index (χ1) is 5.69. The molecule has 0 aliphatic carbocycles. The lowest BCUT2D eigenvalue weighted by Gasteiger charge is -2.08. The van der Waals surface area contributed by atoms with E-state index in [0.29, 0.717) is 22.2 Å². The maximum atomic E-state index is 5.79. The van der Waals surface area contributed by atoms with E-state index in [0.717, 1.165) is 0 Å². The van der Waals surface area contributed by atoms with Crippen molar-refractivity contribution in [3.63, 3.8) is 0 Å². The Kier molecular flexibility index (Phi) is 2.65. The lowest BCUT2D eigenvalue weighted by atomic mass is 10.3. The highest BCUT2D eigenvalue weighted by Gasteiger charge is 2.06. The normalized spacial score (nSPS) is 9.58. The van der Waals surface area contributed by atoms with Crippen LogP contribution < -0.4 is 15.2 Å². The molecule has 4 heteroatoms. The summed E-state index contributed by atoms with van der Waals surface area (Å²) in [6.07, 6.45) is 0. The van der Waals surface area contributed by atoms with Crippen molar-refractivity contribution < 1.29 is 9.47 Å². The molecule has 0 saturated carbocycles. The third kappa shape index (κ3) is 1.56. The van der Waals surface area contributed by atoms with E-state index in [9.17, 15) is 0 Å². The first-order valence-corrected chi connectivity index (χ1v) is 3.74. The third-order valence-electron chi connectivity index (χ3n) is 1.52. The molecule has 0 fully saturated rings. The minimum absolute atomic E-state index is 0.431. The van der Waals surface area contributed by atoms with E-state index >= 15 is 0 Å². The minimum Gasteiger partial charge on any atom is -0.497 e. The van der Waals surface area contributed by atoms with Crippen LogP contribution in [0.15, 0.2) is 12.1 Å². The average Bonchev–Trinajstić information content (AvgIpc) is 2.09. The summed E-state index contributed by atoms with van der Waals surface area (Å²) in [5, 5.41) is 0.436. The van der Waals surface area contributed by atoms with Gasteiger partial charge in [0.1, 0.15) is 11.5 Å². The number of methoxy groups -OCH3 is 2. The largest absolute Gasteiger partial charge is 0.497 e. The van der Waals surface area contributed by atoms with E-state index < -0.39 is 0 Å². The molecule has 0 atom stereocenters. The van der Waals surface area contributed by atoms with Crippen LogP contribution >= 0.6 is 11.6 Å². The molecule has 0 saturated heterocycles. The second-order valence-corrected chi connectivity index (χ2v) is 2.63. The van der Waals surface area contributed by atoms with Crippen LogP contribution in [0.2, 0.25) is 5.02 Å². The molecule has 1 rings (SSSR count). The Morgan fingerprint density at radius 2 is 1.92 bits per heavy atom. The molecule has 2 N–H and O–H groups in total. The van der Waals surface area contributed by atoms with Crippen molar-refractivity contribution in [2.75, 3.05) is 20.0 Å². The Morgan fingerprint density at radius 1 is 1.25 bits per heavy atom. The van der Waals surface area contributed by atoms with Crippen LogP contribution in [0.3, 0.4) is 0 Å². The Bertz CT molecular complexity index is 289. The summed E-state index contributed by atoms with van der Waals surface area (Å²) in [6, 6.07) is 3.32. The van der Waals surface area contributed by atoms with E-state index in [-0.39, 0.29) is 0 Å². The maximum absolute atomic E-state index is 5.79. The van der Waals surface area contributed by atoms with Crippen molar-refractivity contribution in [3.05, 3.63) is 17.2 Å². The van der Waals surface area contributed by atoms with Gasteiger partial charge in [-0.3, -0.25) is 0 Å². The van der Waals surface area contributed by atoms with E-state index in [4.69, 9.17) is 26.8 Å². The number of benzene rings is 1. The lowest BCUT2D eigenvalue weighted by Crippen LogP contribution is -1.94. The Hall–Kier alpha value is -1.09. The molecular weight excluding hydrogens is 178 g/mol. The van der Waals surface area contributed by atoms with Crippen molar-refractivity contribution in [2.45, 2.75) is 0 Å². The lowest BCUT2D eigenvalue weighted by molar-refractivity contribution is 0.396. The predicted octanol–water partition coefficient (Wildman–Crippen LogP) is 1.94. The van der Waals surface area contributed by atoms with Crippen molar-refractivity contribution in [3.8, 4) is 11.5 Å². The molecule has 0 unspecified atom stereocenters. The molecular formula is C8H10ClNO2. The van der Waals surface area contributed by atoms with Gasteiger partial charge in [0, 0.05) is 12.1 Å². The summed E-state index contributed by atoms with van der Waals surface area (Å²) >= 11 is 5.79. The molecule has 0 aliphatic rings. The Balaban J connectivity index is 3.19. The monoisotopic (exact) mass is 187 g/mol. The Morgan fingerprint density at radius 3 is 2.42 bits per heavy atom. The number of anilines is 1. The molecule has 66 valence electrons. The van der Waals surface area contributed by atoms with E-state index in [1.165, 1.54) is 7.11 Å². The summed E-state index contributed by atoms with van der Waals surface area (Å²) in [5.74, 6) is 1.16. The zero-order valence-corrected chi connectivity index (χ0v) is 7.68. The fourth-order valence-electron chi connectivity index (χ4n) is 0.856. The van der Waals surface area contributed by atoms with Crippen molar-refractivity contribution >= 4 is 17.3 Å². The van der Waals surface area contributed by atoms with Gasteiger partial charge in [-0.1, -0.05) is 11.6 Å². The van der Waals surface area contributed by atoms with Crippen molar-refractivity contribution in [1.82, 2.24) is 0 Å². The smallest absolute Gasteiger partial charge is 0.146 e. The molecule has 12 heavy (non-hydrogen) atoms. The fourth-order valence-corrected chi connectivity index (χ4v) is 1.06. The van der Waals surface area contributed by atoms with Crippen LogP contribution in [-0.4, -0.2) is 14.2 Å². The number of hydrogen-bond donors (Lipinski definition) is 1. The third-order valence-corrected chi connectivity index (χ3v) is 1.83. The summed E-state index contributed by atoms with van der Waals surface area (Å²) in [5.41, 5.74) is 6.03.